The molecule has 0 radical (unpaired) electrons. The average molecular weight is 307 g/mol. The second-order valence-corrected chi connectivity index (χ2v) is 5.55. The summed E-state index contributed by atoms with van der Waals surface area (Å²) in [6, 6.07) is 9.33. The van der Waals surface area contributed by atoms with Crippen molar-refractivity contribution in [3.8, 4) is 0 Å². The molecule has 4 N–H and O–H groups in total. The number of carbonyl (C=O) groups is 1. The second kappa shape index (κ2) is 5.05. The van der Waals surface area contributed by atoms with Gasteiger partial charge in [-0.25, -0.2) is 0 Å². The Morgan fingerprint density at radius 1 is 1.43 bits per heavy atom. The monoisotopic (exact) mass is 306 g/mol. The number of nitrogens with zero attached hydrogens (tertiary/aromatic N) is 2. The predicted octanol–water partition coefficient (Wildman–Crippen LogP) is 1.38. The Labute approximate surface area is 126 Å². The first-order valence-corrected chi connectivity index (χ1v) is 6.95. The standard InChI is InChI=1S/C14H15ClN4O2/c15-10-11(17-18-12(10)16)13(20)19-7-6-14(21,8-19)9-4-2-1-3-5-9/h1-5,21H,6-8H2,(H3,16,17,18)/t14-/m0/s1. The van der Waals surface area contributed by atoms with Gasteiger partial charge in [-0.3, -0.25) is 9.89 Å². The minimum absolute atomic E-state index is 0.0949. The summed E-state index contributed by atoms with van der Waals surface area (Å²) >= 11 is 5.94. The number of benzene rings is 1. The van der Waals surface area contributed by atoms with E-state index in [1.54, 1.807) is 4.90 Å². The highest BCUT2D eigenvalue weighted by Gasteiger charge is 2.40. The van der Waals surface area contributed by atoms with E-state index in [0.29, 0.717) is 13.0 Å². The molecule has 0 spiro atoms. The molecule has 1 atom stereocenters. The van der Waals surface area contributed by atoms with Gasteiger partial charge in [-0.1, -0.05) is 41.9 Å². The van der Waals surface area contributed by atoms with Crippen molar-refractivity contribution in [3.05, 3.63) is 46.6 Å². The number of anilines is 1. The largest absolute Gasteiger partial charge is 0.383 e. The lowest BCUT2D eigenvalue weighted by atomic mass is 9.93. The fourth-order valence-electron chi connectivity index (χ4n) is 2.59. The Hall–Kier alpha value is -2.05. The normalized spacial score (nSPS) is 21.7. The zero-order valence-corrected chi connectivity index (χ0v) is 12.0. The minimum Gasteiger partial charge on any atom is -0.383 e. The summed E-state index contributed by atoms with van der Waals surface area (Å²) in [5, 5.41) is 17.1. The molecule has 0 unspecified atom stereocenters. The maximum atomic E-state index is 12.4. The highest BCUT2D eigenvalue weighted by molar-refractivity contribution is 6.35. The zero-order valence-electron chi connectivity index (χ0n) is 11.2. The van der Waals surface area contributed by atoms with Crippen LogP contribution in [-0.4, -0.2) is 39.2 Å². The third-order valence-electron chi connectivity index (χ3n) is 3.79. The van der Waals surface area contributed by atoms with Gasteiger partial charge in [0.1, 0.15) is 16.3 Å². The number of rotatable bonds is 2. The van der Waals surface area contributed by atoms with E-state index in [2.05, 4.69) is 10.2 Å². The van der Waals surface area contributed by atoms with Crippen molar-refractivity contribution >= 4 is 23.3 Å². The molecular formula is C14H15ClN4O2. The summed E-state index contributed by atoms with van der Waals surface area (Å²) < 4.78 is 0. The van der Waals surface area contributed by atoms with Crippen molar-refractivity contribution in [3.63, 3.8) is 0 Å². The van der Waals surface area contributed by atoms with Gasteiger partial charge in [0.2, 0.25) is 0 Å². The molecule has 0 aliphatic carbocycles. The van der Waals surface area contributed by atoms with Gasteiger partial charge in [-0.05, 0) is 12.0 Å². The molecule has 3 rings (SSSR count). The Kier molecular flexibility index (Phi) is 3.35. The first kappa shape index (κ1) is 13.9. The fourth-order valence-corrected chi connectivity index (χ4v) is 2.76. The molecule has 0 saturated carbocycles. The first-order valence-electron chi connectivity index (χ1n) is 6.58. The van der Waals surface area contributed by atoms with Gasteiger partial charge in [-0.15, -0.1) is 0 Å². The molecule has 21 heavy (non-hydrogen) atoms. The van der Waals surface area contributed by atoms with Crippen molar-refractivity contribution in [1.82, 2.24) is 15.1 Å². The molecule has 1 aromatic heterocycles. The van der Waals surface area contributed by atoms with Crippen LogP contribution in [-0.2, 0) is 5.60 Å². The maximum Gasteiger partial charge on any atom is 0.273 e. The highest BCUT2D eigenvalue weighted by atomic mass is 35.5. The van der Waals surface area contributed by atoms with Crippen LogP contribution in [0, 0.1) is 0 Å². The van der Waals surface area contributed by atoms with Gasteiger partial charge in [0, 0.05) is 6.54 Å². The van der Waals surface area contributed by atoms with Crippen LogP contribution in [0.3, 0.4) is 0 Å². The number of nitrogens with one attached hydrogen (secondary N) is 1. The van der Waals surface area contributed by atoms with E-state index in [-0.39, 0.29) is 29.0 Å². The van der Waals surface area contributed by atoms with E-state index in [1.165, 1.54) is 0 Å². The van der Waals surface area contributed by atoms with Crippen LogP contribution in [0.4, 0.5) is 5.82 Å². The summed E-state index contributed by atoms with van der Waals surface area (Å²) in [7, 11) is 0. The summed E-state index contributed by atoms with van der Waals surface area (Å²) in [6.45, 7) is 0.657. The summed E-state index contributed by atoms with van der Waals surface area (Å²) in [5.74, 6) is -0.214. The third kappa shape index (κ3) is 2.36. The number of hydrogen-bond donors (Lipinski definition) is 3. The molecule has 1 aliphatic rings. The van der Waals surface area contributed by atoms with Crippen molar-refractivity contribution in [2.75, 3.05) is 18.8 Å². The quantitative estimate of drug-likeness (QED) is 0.781. The van der Waals surface area contributed by atoms with E-state index in [9.17, 15) is 9.90 Å². The third-order valence-corrected chi connectivity index (χ3v) is 4.18. The van der Waals surface area contributed by atoms with Gasteiger partial charge in [0.25, 0.3) is 5.91 Å². The van der Waals surface area contributed by atoms with E-state index < -0.39 is 5.60 Å². The molecule has 1 aliphatic heterocycles. The molecule has 1 aromatic carbocycles. The van der Waals surface area contributed by atoms with Gasteiger partial charge < -0.3 is 15.7 Å². The second-order valence-electron chi connectivity index (χ2n) is 5.17. The van der Waals surface area contributed by atoms with Gasteiger partial charge in [0.15, 0.2) is 5.82 Å². The lowest BCUT2D eigenvalue weighted by molar-refractivity contribution is 0.0415. The number of aromatic nitrogens is 2. The molecule has 0 bridgehead atoms. The van der Waals surface area contributed by atoms with Crippen LogP contribution in [0.25, 0.3) is 0 Å². The van der Waals surface area contributed by atoms with E-state index in [1.807, 2.05) is 30.3 Å². The van der Waals surface area contributed by atoms with E-state index in [0.717, 1.165) is 5.56 Å². The van der Waals surface area contributed by atoms with Crippen LogP contribution in [0.15, 0.2) is 30.3 Å². The maximum absolute atomic E-state index is 12.4. The number of carbonyl (C=O) groups excluding carboxylic acids is 1. The van der Waals surface area contributed by atoms with Crippen LogP contribution in [0.1, 0.15) is 22.5 Å². The number of aliphatic hydroxyl groups is 1. The number of nitrogen functional groups attached to an aromatic ring is 1. The molecule has 6 nitrogen and oxygen atoms in total. The molecule has 1 amide bonds. The smallest absolute Gasteiger partial charge is 0.273 e. The van der Waals surface area contributed by atoms with Crippen molar-refractivity contribution < 1.29 is 9.90 Å². The summed E-state index contributed by atoms with van der Waals surface area (Å²) in [4.78, 5) is 14.0. The van der Waals surface area contributed by atoms with Crippen LogP contribution >= 0.6 is 11.6 Å². The Morgan fingerprint density at radius 3 is 2.76 bits per heavy atom. The lowest BCUT2D eigenvalue weighted by Crippen LogP contribution is -2.34. The van der Waals surface area contributed by atoms with E-state index >= 15 is 0 Å². The summed E-state index contributed by atoms with van der Waals surface area (Å²) in [6.07, 6.45) is 0.476. The molecule has 1 saturated heterocycles. The molecule has 7 heteroatoms. The number of amides is 1. The number of hydrogen-bond acceptors (Lipinski definition) is 4. The number of β-amino-alcohol motifs (C(OH)–C–C–N with tert-alkyl or cyclic N) is 1. The zero-order chi connectivity index (χ0) is 15.0. The first-order chi connectivity index (χ1) is 10.0. The number of nitrogens with two attached hydrogens (primary N) is 1. The molecule has 2 aromatic rings. The van der Waals surface area contributed by atoms with Gasteiger partial charge in [0.05, 0.1) is 6.54 Å². The number of H-pyrrole nitrogens is 1. The minimum atomic E-state index is -1.03. The molecule has 1 fully saturated rings. The molecule has 2 heterocycles. The summed E-state index contributed by atoms with van der Waals surface area (Å²) in [5.41, 5.74) is 5.45. The van der Waals surface area contributed by atoms with Crippen molar-refractivity contribution in [2.45, 2.75) is 12.0 Å². The van der Waals surface area contributed by atoms with Gasteiger partial charge in [-0.2, -0.15) is 5.10 Å². The van der Waals surface area contributed by atoms with Gasteiger partial charge >= 0.3 is 0 Å². The molecular weight excluding hydrogens is 292 g/mol. The Morgan fingerprint density at radius 2 is 2.14 bits per heavy atom. The predicted molar refractivity (Wildman–Crippen MR) is 78.9 cm³/mol. The number of halogens is 1. The topological polar surface area (TPSA) is 95.2 Å². The van der Waals surface area contributed by atoms with Crippen molar-refractivity contribution in [2.24, 2.45) is 0 Å². The van der Waals surface area contributed by atoms with E-state index in [4.69, 9.17) is 17.3 Å². The van der Waals surface area contributed by atoms with Crippen LogP contribution in [0.5, 0.6) is 0 Å². The Balaban J connectivity index is 1.81. The lowest BCUT2D eigenvalue weighted by Gasteiger charge is -2.23. The SMILES string of the molecule is Nc1n[nH]c(C(=O)N2CC[C@@](O)(c3ccccc3)C2)c1Cl. The fraction of sp³-hybridized carbons (Fsp3) is 0.286. The average Bonchev–Trinajstić information content (AvgIpc) is 3.05. The van der Waals surface area contributed by atoms with Crippen molar-refractivity contribution in [1.29, 1.82) is 0 Å². The Bertz CT molecular complexity index is 673. The van der Waals surface area contributed by atoms with Crippen LogP contribution in [0.2, 0.25) is 5.02 Å². The molecule has 110 valence electrons. The number of aromatic amines is 1. The number of likely N-dealkylation sites (tertiary alicyclic amines) is 1. The van der Waals surface area contributed by atoms with Crippen LogP contribution < -0.4 is 5.73 Å². The highest BCUT2D eigenvalue weighted by Crippen LogP contribution is 2.33.